The summed E-state index contributed by atoms with van der Waals surface area (Å²) in [7, 11) is 0. The lowest BCUT2D eigenvalue weighted by molar-refractivity contribution is -0.216. The van der Waals surface area contributed by atoms with Crippen LogP contribution in [0.3, 0.4) is 0 Å². The van der Waals surface area contributed by atoms with Crippen LogP contribution in [0.4, 0.5) is 13.2 Å². The first-order chi connectivity index (χ1) is 5.38. The molecule has 0 radical (unpaired) electrons. The van der Waals surface area contributed by atoms with E-state index < -0.39 is 12.3 Å². The van der Waals surface area contributed by atoms with Gasteiger partial charge in [0.2, 0.25) is 0 Å². The average molecular weight is 205 g/mol. The molecule has 2 unspecified atom stereocenters. The van der Waals surface area contributed by atoms with Gasteiger partial charge in [-0.2, -0.15) is 13.2 Å². The van der Waals surface area contributed by atoms with Gasteiger partial charge in [-0.3, -0.25) is 0 Å². The summed E-state index contributed by atoms with van der Waals surface area (Å²) in [6.07, 6.45) is -5.98. The van der Waals surface area contributed by atoms with Gasteiger partial charge in [-0.25, -0.2) is 0 Å². The summed E-state index contributed by atoms with van der Waals surface area (Å²) in [5, 5.41) is 0. The second-order valence-electron chi connectivity index (χ2n) is 2.78. The van der Waals surface area contributed by atoms with Crippen LogP contribution in [0.5, 0.6) is 0 Å². The van der Waals surface area contributed by atoms with Gasteiger partial charge < -0.3 is 4.74 Å². The Balaban J connectivity index is 3.64. The Morgan fingerprint density at radius 3 is 2.17 bits per heavy atom. The molecule has 2 atom stereocenters. The maximum Gasteiger partial charge on any atom is 0.414 e. The van der Waals surface area contributed by atoms with Crippen LogP contribution in [-0.4, -0.2) is 24.8 Å². The third-order valence-electron chi connectivity index (χ3n) is 1.36. The molecule has 0 aliphatic rings. The SMILES string of the molecule is CC(CCl)COC(C)C(F)(F)F. The zero-order valence-electron chi connectivity index (χ0n) is 6.99. The molecule has 12 heavy (non-hydrogen) atoms. The van der Waals surface area contributed by atoms with Crippen molar-refractivity contribution in [2.45, 2.75) is 26.1 Å². The van der Waals surface area contributed by atoms with Crippen molar-refractivity contribution in [3.8, 4) is 0 Å². The summed E-state index contributed by atoms with van der Waals surface area (Å²) in [4.78, 5) is 0. The molecule has 0 heterocycles. The Morgan fingerprint density at radius 1 is 1.33 bits per heavy atom. The summed E-state index contributed by atoms with van der Waals surface area (Å²) in [6, 6.07) is 0. The third kappa shape index (κ3) is 4.83. The molecule has 0 aromatic carbocycles. The molecule has 0 bridgehead atoms. The van der Waals surface area contributed by atoms with Crippen molar-refractivity contribution in [2.24, 2.45) is 5.92 Å². The summed E-state index contributed by atoms with van der Waals surface area (Å²) in [5.41, 5.74) is 0. The van der Waals surface area contributed by atoms with Crippen LogP contribution in [0.2, 0.25) is 0 Å². The van der Waals surface area contributed by atoms with Crippen molar-refractivity contribution in [3.63, 3.8) is 0 Å². The molecule has 1 nitrogen and oxygen atoms in total. The maximum absolute atomic E-state index is 11.8. The topological polar surface area (TPSA) is 9.23 Å². The number of rotatable bonds is 4. The summed E-state index contributed by atoms with van der Waals surface area (Å²) in [6.45, 7) is 2.77. The third-order valence-corrected chi connectivity index (χ3v) is 1.88. The van der Waals surface area contributed by atoms with E-state index in [9.17, 15) is 13.2 Å². The first-order valence-corrected chi connectivity index (χ1v) is 4.15. The summed E-state index contributed by atoms with van der Waals surface area (Å²) >= 11 is 5.39. The highest BCUT2D eigenvalue weighted by molar-refractivity contribution is 6.18. The number of alkyl halides is 4. The molecule has 0 aliphatic carbocycles. The molecule has 0 amide bonds. The fourth-order valence-electron chi connectivity index (χ4n) is 0.448. The lowest BCUT2D eigenvalue weighted by Crippen LogP contribution is -2.30. The standard InChI is InChI=1S/C7H12ClF3O/c1-5(3-8)4-12-6(2)7(9,10)11/h5-6H,3-4H2,1-2H3. The van der Waals surface area contributed by atoms with E-state index in [-0.39, 0.29) is 12.5 Å². The second-order valence-corrected chi connectivity index (χ2v) is 3.09. The van der Waals surface area contributed by atoms with Crippen LogP contribution < -0.4 is 0 Å². The van der Waals surface area contributed by atoms with Crippen LogP contribution in [0.25, 0.3) is 0 Å². The summed E-state index contributed by atoms with van der Waals surface area (Å²) < 4.78 is 40.1. The molecular formula is C7H12ClF3O. The van der Waals surface area contributed by atoms with E-state index in [0.717, 1.165) is 6.92 Å². The van der Waals surface area contributed by atoms with E-state index in [1.54, 1.807) is 6.92 Å². The minimum atomic E-state index is -4.27. The molecule has 74 valence electrons. The van der Waals surface area contributed by atoms with Gasteiger partial charge in [0.05, 0.1) is 6.61 Å². The van der Waals surface area contributed by atoms with Gasteiger partial charge in [0.1, 0.15) is 0 Å². The van der Waals surface area contributed by atoms with Crippen LogP contribution in [-0.2, 0) is 4.74 Å². The highest BCUT2D eigenvalue weighted by atomic mass is 35.5. The van der Waals surface area contributed by atoms with Gasteiger partial charge in [0.15, 0.2) is 6.10 Å². The monoisotopic (exact) mass is 204 g/mol. The van der Waals surface area contributed by atoms with E-state index in [1.165, 1.54) is 0 Å². The Morgan fingerprint density at radius 2 is 1.83 bits per heavy atom. The minimum Gasteiger partial charge on any atom is -0.369 e. The molecule has 0 saturated carbocycles. The van der Waals surface area contributed by atoms with Crippen LogP contribution in [0.1, 0.15) is 13.8 Å². The fraction of sp³-hybridized carbons (Fsp3) is 1.00. The van der Waals surface area contributed by atoms with Gasteiger partial charge in [0, 0.05) is 5.88 Å². The lowest BCUT2D eigenvalue weighted by atomic mass is 10.2. The molecular weight excluding hydrogens is 193 g/mol. The Bertz CT molecular complexity index is 126. The minimum absolute atomic E-state index is 0.0449. The van der Waals surface area contributed by atoms with E-state index >= 15 is 0 Å². The quantitative estimate of drug-likeness (QED) is 0.640. The van der Waals surface area contributed by atoms with Crippen molar-refractivity contribution in [2.75, 3.05) is 12.5 Å². The highest BCUT2D eigenvalue weighted by Crippen LogP contribution is 2.22. The number of halogens is 4. The van der Waals surface area contributed by atoms with Crippen LogP contribution >= 0.6 is 11.6 Å². The van der Waals surface area contributed by atoms with Crippen LogP contribution in [0.15, 0.2) is 0 Å². The van der Waals surface area contributed by atoms with Crippen molar-refractivity contribution in [1.29, 1.82) is 0 Å². The first-order valence-electron chi connectivity index (χ1n) is 3.62. The zero-order valence-corrected chi connectivity index (χ0v) is 7.74. The van der Waals surface area contributed by atoms with Gasteiger partial charge >= 0.3 is 6.18 Å². The van der Waals surface area contributed by atoms with Crippen molar-refractivity contribution in [3.05, 3.63) is 0 Å². The van der Waals surface area contributed by atoms with Gasteiger partial charge in [-0.1, -0.05) is 6.92 Å². The maximum atomic E-state index is 11.8. The molecule has 0 aromatic heterocycles. The first kappa shape index (κ1) is 12.0. The molecule has 0 aromatic rings. The summed E-state index contributed by atoms with van der Waals surface area (Å²) in [5.74, 6) is 0.265. The molecule has 0 aliphatic heterocycles. The second kappa shape index (κ2) is 4.92. The van der Waals surface area contributed by atoms with E-state index in [2.05, 4.69) is 4.74 Å². The van der Waals surface area contributed by atoms with Gasteiger partial charge in [-0.15, -0.1) is 11.6 Å². The Labute approximate surface area is 74.8 Å². The zero-order chi connectivity index (χ0) is 9.78. The molecule has 0 saturated heterocycles. The van der Waals surface area contributed by atoms with Gasteiger partial charge in [-0.05, 0) is 12.8 Å². The Kier molecular flexibility index (Phi) is 4.94. The predicted octanol–water partition coefficient (Wildman–Crippen LogP) is 2.83. The number of hydrogen-bond donors (Lipinski definition) is 0. The average Bonchev–Trinajstić information content (AvgIpc) is 1.97. The lowest BCUT2D eigenvalue weighted by Gasteiger charge is -2.17. The van der Waals surface area contributed by atoms with E-state index in [1.807, 2.05) is 0 Å². The Hall–Kier alpha value is 0.0400. The predicted molar refractivity (Wildman–Crippen MR) is 41.4 cm³/mol. The number of hydrogen-bond acceptors (Lipinski definition) is 1. The normalized spacial score (nSPS) is 17.5. The van der Waals surface area contributed by atoms with Crippen molar-refractivity contribution < 1.29 is 17.9 Å². The molecule has 5 heteroatoms. The fourth-order valence-corrected chi connectivity index (χ4v) is 0.537. The molecule has 0 N–H and O–H groups in total. The van der Waals surface area contributed by atoms with Crippen LogP contribution in [0, 0.1) is 5.92 Å². The molecule has 0 rings (SSSR count). The van der Waals surface area contributed by atoms with Gasteiger partial charge in [0.25, 0.3) is 0 Å². The van der Waals surface area contributed by atoms with Crippen molar-refractivity contribution >= 4 is 11.6 Å². The smallest absolute Gasteiger partial charge is 0.369 e. The van der Waals surface area contributed by atoms with E-state index in [0.29, 0.717) is 5.88 Å². The highest BCUT2D eigenvalue weighted by Gasteiger charge is 2.36. The molecule has 0 spiro atoms. The van der Waals surface area contributed by atoms with Crippen molar-refractivity contribution in [1.82, 2.24) is 0 Å². The van der Waals surface area contributed by atoms with E-state index in [4.69, 9.17) is 11.6 Å². The molecule has 0 fully saturated rings. The largest absolute Gasteiger partial charge is 0.414 e. The number of ether oxygens (including phenoxy) is 1.